The zero-order chi connectivity index (χ0) is 17.1. The molecule has 122 valence electrons. The Balaban J connectivity index is 2.21. The number of carbonyl (C=O) groups excluding carboxylic acids is 2. The summed E-state index contributed by atoms with van der Waals surface area (Å²) in [4.78, 5) is 31.9. The molecule has 1 fully saturated rings. The molecule has 0 aromatic carbocycles. The van der Waals surface area contributed by atoms with Crippen molar-refractivity contribution in [2.45, 2.75) is 38.8 Å². The third kappa shape index (κ3) is 2.03. The van der Waals surface area contributed by atoms with Gasteiger partial charge in [0.25, 0.3) is 5.91 Å². The first kappa shape index (κ1) is 15.5. The molecule has 0 N–H and O–H groups in total. The van der Waals surface area contributed by atoms with E-state index in [0.717, 1.165) is 10.6 Å². The first-order valence-electron chi connectivity index (χ1n) is 7.58. The Hall–Kier alpha value is -2.44. The average molecular weight is 316 g/mol. The van der Waals surface area contributed by atoms with Crippen molar-refractivity contribution in [3.8, 4) is 0 Å². The maximum Gasteiger partial charge on any atom is 0.402 e. The highest BCUT2D eigenvalue weighted by molar-refractivity contribution is 6.18. The molecule has 1 aromatic heterocycles. The highest BCUT2D eigenvalue weighted by atomic mass is 16.2. The second-order valence-electron chi connectivity index (χ2n) is 6.98. The van der Waals surface area contributed by atoms with Crippen LogP contribution in [0, 0.1) is 0 Å². The number of imide groups is 1. The molecule has 0 radical (unpaired) electrons. The molecule has 0 bridgehead atoms. The van der Waals surface area contributed by atoms with Crippen LogP contribution < -0.4 is 4.57 Å². The van der Waals surface area contributed by atoms with Crippen molar-refractivity contribution in [3.63, 3.8) is 0 Å². The van der Waals surface area contributed by atoms with E-state index in [1.54, 1.807) is 13.1 Å². The van der Waals surface area contributed by atoms with Gasteiger partial charge in [0, 0.05) is 19.5 Å². The maximum absolute atomic E-state index is 12.6. The Morgan fingerprint density at radius 2 is 1.96 bits per heavy atom. The molecule has 7 heteroatoms. The van der Waals surface area contributed by atoms with E-state index in [4.69, 9.17) is 0 Å². The summed E-state index contributed by atoms with van der Waals surface area (Å²) in [6.07, 6.45) is 3.77. The van der Waals surface area contributed by atoms with E-state index < -0.39 is 6.04 Å². The zero-order valence-corrected chi connectivity index (χ0v) is 14.2. The lowest BCUT2D eigenvalue weighted by Crippen LogP contribution is -2.61. The number of imidazole rings is 1. The number of likely N-dealkylation sites (N-methyl/N-ethyl adjacent to an activating group) is 2. The van der Waals surface area contributed by atoms with Gasteiger partial charge in [-0.1, -0.05) is 38.4 Å². The summed E-state index contributed by atoms with van der Waals surface area (Å²) < 4.78 is 3.91. The largest absolute Gasteiger partial charge is 0.402 e. The topological polar surface area (TPSA) is 61.8 Å². The number of amidine groups is 1. The lowest BCUT2D eigenvalue weighted by atomic mass is 9.92. The van der Waals surface area contributed by atoms with Crippen molar-refractivity contribution in [1.29, 1.82) is 0 Å². The van der Waals surface area contributed by atoms with Crippen LogP contribution in [0.4, 0.5) is 10.7 Å². The standard InChI is InChI=1S/C16H22N5O2/c1-7-8-20-10(16(2,3)4)9-21-11-12(17-14(20)21)18(5)15(23)19(6)13(11)22/h7,9,11H,1,8H2,2-6H3/q+1. The van der Waals surface area contributed by atoms with Crippen LogP contribution in [0.2, 0.25) is 0 Å². The summed E-state index contributed by atoms with van der Waals surface area (Å²) in [5.74, 6) is 0.899. The highest BCUT2D eigenvalue weighted by Crippen LogP contribution is 2.32. The van der Waals surface area contributed by atoms with Crippen molar-refractivity contribution in [1.82, 2.24) is 14.4 Å². The molecule has 1 unspecified atom stereocenters. The summed E-state index contributed by atoms with van der Waals surface area (Å²) in [7, 11) is 3.15. The van der Waals surface area contributed by atoms with Crippen molar-refractivity contribution >= 4 is 23.7 Å². The van der Waals surface area contributed by atoms with Crippen LogP contribution in [0.3, 0.4) is 0 Å². The summed E-state index contributed by atoms with van der Waals surface area (Å²) >= 11 is 0. The number of nitrogens with zero attached hydrogens (tertiary/aromatic N) is 5. The SMILES string of the molecule is C=CCn1c(C(C)(C)C)c[n+]2c1N=C1C2C(=O)N(C)C(=O)N1C. The number of amides is 3. The van der Waals surface area contributed by atoms with Gasteiger partial charge in [0.1, 0.15) is 11.9 Å². The fraction of sp³-hybridized carbons (Fsp3) is 0.500. The summed E-state index contributed by atoms with van der Waals surface area (Å²) in [6, 6.07) is -0.938. The number of urea groups is 1. The second kappa shape index (κ2) is 4.78. The van der Waals surface area contributed by atoms with Gasteiger partial charge in [0.2, 0.25) is 11.9 Å². The third-order valence-electron chi connectivity index (χ3n) is 4.32. The van der Waals surface area contributed by atoms with Gasteiger partial charge >= 0.3 is 12.0 Å². The van der Waals surface area contributed by atoms with Gasteiger partial charge in [0.15, 0.2) is 0 Å². The molecular weight excluding hydrogens is 294 g/mol. The highest BCUT2D eigenvalue weighted by Gasteiger charge is 2.52. The molecule has 1 saturated heterocycles. The van der Waals surface area contributed by atoms with E-state index in [9.17, 15) is 9.59 Å². The van der Waals surface area contributed by atoms with Crippen molar-refractivity contribution in [3.05, 3.63) is 24.5 Å². The summed E-state index contributed by atoms with van der Waals surface area (Å²) in [5.41, 5.74) is 0.978. The van der Waals surface area contributed by atoms with Crippen LogP contribution in [0.5, 0.6) is 0 Å². The number of rotatable bonds is 2. The number of allylic oxidation sites excluding steroid dienone is 1. The van der Waals surface area contributed by atoms with E-state index in [2.05, 4.69) is 32.3 Å². The summed E-state index contributed by atoms with van der Waals surface area (Å²) in [6.45, 7) is 10.8. The molecule has 7 nitrogen and oxygen atoms in total. The Morgan fingerprint density at radius 3 is 2.52 bits per heavy atom. The van der Waals surface area contributed by atoms with E-state index in [1.807, 2.05) is 15.3 Å². The van der Waals surface area contributed by atoms with Gasteiger partial charge in [-0.3, -0.25) is 14.6 Å². The molecule has 3 rings (SSSR count). The predicted octanol–water partition coefficient (Wildman–Crippen LogP) is 1.37. The molecule has 0 saturated carbocycles. The first-order valence-corrected chi connectivity index (χ1v) is 7.58. The van der Waals surface area contributed by atoms with Gasteiger partial charge < -0.3 is 0 Å². The lowest BCUT2D eigenvalue weighted by Gasteiger charge is -2.30. The molecule has 2 aliphatic rings. The quantitative estimate of drug-likeness (QED) is 0.611. The monoisotopic (exact) mass is 316 g/mol. The number of hydrogen-bond donors (Lipinski definition) is 0. The van der Waals surface area contributed by atoms with E-state index >= 15 is 0 Å². The summed E-state index contributed by atoms with van der Waals surface area (Å²) in [5, 5.41) is 0. The first-order chi connectivity index (χ1) is 10.7. The van der Waals surface area contributed by atoms with Crippen LogP contribution in [-0.2, 0) is 16.8 Å². The molecular formula is C16H22N5O2+. The maximum atomic E-state index is 12.6. The van der Waals surface area contributed by atoms with Crippen LogP contribution in [0.1, 0.15) is 32.5 Å². The van der Waals surface area contributed by atoms with Crippen LogP contribution in [0.15, 0.2) is 23.8 Å². The molecule has 0 spiro atoms. The van der Waals surface area contributed by atoms with Gasteiger partial charge in [-0.2, -0.15) is 0 Å². The molecule has 23 heavy (non-hydrogen) atoms. The van der Waals surface area contributed by atoms with Gasteiger partial charge in [-0.15, -0.1) is 0 Å². The minimum absolute atomic E-state index is 0.0959. The van der Waals surface area contributed by atoms with Crippen LogP contribution >= 0.6 is 0 Å². The van der Waals surface area contributed by atoms with Gasteiger partial charge in [-0.25, -0.2) is 13.9 Å². The zero-order valence-electron chi connectivity index (χ0n) is 14.2. The van der Waals surface area contributed by atoms with Crippen molar-refractivity contribution < 1.29 is 14.2 Å². The fourth-order valence-corrected chi connectivity index (χ4v) is 3.10. The second-order valence-corrected chi connectivity index (χ2v) is 6.98. The molecule has 0 aliphatic carbocycles. The molecule has 1 aromatic rings. The average Bonchev–Trinajstić information content (AvgIpc) is 3.00. The minimum Gasteiger partial charge on any atom is -0.270 e. The molecule has 1 atom stereocenters. The molecule has 3 heterocycles. The minimum atomic E-state index is -0.579. The third-order valence-corrected chi connectivity index (χ3v) is 4.32. The van der Waals surface area contributed by atoms with E-state index in [-0.39, 0.29) is 17.4 Å². The fourth-order valence-electron chi connectivity index (χ4n) is 3.10. The Labute approximate surface area is 135 Å². The Morgan fingerprint density at radius 1 is 1.30 bits per heavy atom. The smallest absolute Gasteiger partial charge is 0.270 e. The Bertz CT molecular complexity index is 753. The van der Waals surface area contributed by atoms with Crippen LogP contribution in [-0.4, -0.2) is 46.2 Å². The number of aliphatic imine (C=N–C) groups is 1. The molecule has 3 amide bonds. The van der Waals surface area contributed by atoms with Crippen molar-refractivity contribution in [2.75, 3.05) is 14.1 Å². The van der Waals surface area contributed by atoms with E-state index in [0.29, 0.717) is 18.3 Å². The molecule has 2 aliphatic heterocycles. The lowest BCUT2D eigenvalue weighted by molar-refractivity contribution is -0.677. The van der Waals surface area contributed by atoms with Gasteiger partial charge in [-0.05, 0) is 0 Å². The number of carbonyl (C=O) groups is 2. The number of aromatic nitrogens is 2. The van der Waals surface area contributed by atoms with Crippen molar-refractivity contribution in [2.24, 2.45) is 4.99 Å². The normalized spacial score (nSPS) is 20.6. The Kier molecular flexibility index (Phi) is 3.21. The van der Waals surface area contributed by atoms with Crippen LogP contribution in [0.25, 0.3) is 0 Å². The number of hydrogen-bond acceptors (Lipinski definition) is 3. The van der Waals surface area contributed by atoms with Gasteiger partial charge in [0.05, 0.1) is 6.54 Å². The predicted molar refractivity (Wildman–Crippen MR) is 85.6 cm³/mol. The van der Waals surface area contributed by atoms with E-state index in [1.165, 1.54) is 11.9 Å². The number of fused-ring (bicyclic) bond motifs is 3.